The van der Waals surface area contributed by atoms with Gasteiger partial charge in [-0.25, -0.2) is 9.97 Å². The van der Waals surface area contributed by atoms with Crippen molar-refractivity contribution in [2.45, 2.75) is 39.0 Å². The van der Waals surface area contributed by atoms with Crippen LogP contribution in [0.25, 0.3) is 11.3 Å². The molecule has 7 nitrogen and oxygen atoms in total. The average Bonchev–Trinajstić information content (AvgIpc) is 3.38. The molecule has 1 aliphatic heterocycles. The van der Waals surface area contributed by atoms with Gasteiger partial charge in [0.15, 0.2) is 23.7 Å². The number of nitrogens with zero attached hydrogens (tertiary/aromatic N) is 4. The van der Waals surface area contributed by atoms with Crippen LogP contribution < -0.4 is 0 Å². The molecule has 1 saturated heterocycles. The lowest BCUT2D eigenvalue weighted by molar-refractivity contribution is 0.0719. The second-order valence-corrected chi connectivity index (χ2v) is 8.13. The van der Waals surface area contributed by atoms with Crippen LogP contribution in [0.5, 0.6) is 0 Å². The third-order valence-electron chi connectivity index (χ3n) is 6.26. The highest BCUT2D eigenvalue weighted by atomic mass is 16.3. The first kappa shape index (κ1) is 17.2. The van der Waals surface area contributed by atoms with Crippen molar-refractivity contribution in [3.8, 4) is 11.3 Å². The zero-order valence-corrected chi connectivity index (χ0v) is 16.1. The van der Waals surface area contributed by atoms with E-state index >= 15 is 0 Å². The van der Waals surface area contributed by atoms with Gasteiger partial charge < -0.3 is 9.32 Å². The number of carbonyl (C=O) groups excluding carboxylic acids is 1. The molecular weight excluding hydrogens is 354 g/mol. The summed E-state index contributed by atoms with van der Waals surface area (Å²) < 4.78 is 5.61. The number of benzene rings is 1. The minimum absolute atomic E-state index is 0.0775. The summed E-state index contributed by atoms with van der Waals surface area (Å²) in [6.07, 6.45) is 4.77. The Bertz CT molecular complexity index is 1030. The highest BCUT2D eigenvalue weighted by molar-refractivity contribution is 5.98. The quantitative estimate of drug-likeness (QED) is 0.755. The van der Waals surface area contributed by atoms with E-state index in [4.69, 9.17) is 4.42 Å². The molecular formula is C21H23N5O2. The Kier molecular flexibility index (Phi) is 3.86. The Morgan fingerprint density at radius 3 is 2.86 bits per heavy atom. The Morgan fingerprint density at radius 2 is 2.18 bits per heavy atom. The van der Waals surface area contributed by atoms with Gasteiger partial charge in [-0.2, -0.15) is 5.10 Å². The number of carbonyl (C=O) groups is 1. The first-order valence-electron chi connectivity index (χ1n) is 9.74. The normalized spacial score (nSPS) is 20.5. The predicted molar refractivity (Wildman–Crippen MR) is 103 cm³/mol. The maximum absolute atomic E-state index is 13.4. The van der Waals surface area contributed by atoms with Crippen molar-refractivity contribution in [3.63, 3.8) is 0 Å². The average molecular weight is 377 g/mol. The lowest BCUT2D eigenvalue weighted by Gasteiger charge is -2.41. The number of aromatic nitrogens is 4. The fraction of sp³-hybridized carbons (Fsp3) is 0.429. The van der Waals surface area contributed by atoms with Crippen molar-refractivity contribution in [2.24, 2.45) is 5.41 Å². The minimum atomic E-state index is -0.0775. The third-order valence-corrected chi connectivity index (χ3v) is 6.26. The molecule has 3 heterocycles. The van der Waals surface area contributed by atoms with Gasteiger partial charge in [-0.1, -0.05) is 30.2 Å². The number of hydrogen-bond acceptors (Lipinski definition) is 5. The fourth-order valence-electron chi connectivity index (χ4n) is 4.67. The van der Waals surface area contributed by atoms with E-state index in [0.717, 1.165) is 42.2 Å². The maximum Gasteiger partial charge on any atom is 0.276 e. The number of aromatic amines is 1. The second kappa shape index (κ2) is 6.29. The molecule has 1 saturated carbocycles. The highest BCUT2D eigenvalue weighted by Crippen LogP contribution is 2.55. The van der Waals surface area contributed by atoms with Crippen LogP contribution in [-0.2, 0) is 0 Å². The smallest absolute Gasteiger partial charge is 0.276 e. The summed E-state index contributed by atoms with van der Waals surface area (Å²) in [5, 5.41) is 7.35. The lowest BCUT2D eigenvalue weighted by atomic mass is 9.62. The second-order valence-electron chi connectivity index (χ2n) is 8.13. The van der Waals surface area contributed by atoms with Gasteiger partial charge in [0.25, 0.3) is 5.91 Å². The molecule has 0 radical (unpaired) electrons. The molecule has 0 bridgehead atoms. The number of oxazole rings is 1. The monoisotopic (exact) mass is 377 g/mol. The molecule has 28 heavy (non-hydrogen) atoms. The molecule has 7 heteroatoms. The molecule has 144 valence electrons. The summed E-state index contributed by atoms with van der Waals surface area (Å²) in [4.78, 5) is 24.1. The number of rotatable bonds is 3. The van der Waals surface area contributed by atoms with E-state index < -0.39 is 0 Å². The topological polar surface area (TPSA) is 87.9 Å². The van der Waals surface area contributed by atoms with Gasteiger partial charge in [-0.15, -0.1) is 0 Å². The predicted octanol–water partition coefficient (Wildman–Crippen LogP) is 3.49. The van der Waals surface area contributed by atoms with E-state index in [1.54, 1.807) is 0 Å². The van der Waals surface area contributed by atoms with Gasteiger partial charge >= 0.3 is 0 Å². The zero-order chi connectivity index (χ0) is 19.3. The maximum atomic E-state index is 13.4. The Morgan fingerprint density at radius 1 is 1.32 bits per heavy atom. The molecule has 2 fully saturated rings. The molecule has 1 atom stereocenters. The number of likely N-dealkylation sites (tertiary alicyclic amines) is 1. The Balaban J connectivity index is 1.45. The van der Waals surface area contributed by atoms with Gasteiger partial charge in [0.1, 0.15) is 5.82 Å². The van der Waals surface area contributed by atoms with Crippen LogP contribution >= 0.6 is 0 Å². The Labute approximate surface area is 163 Å². The van der Waals surface area contributed by atoms with Gasteiger partial charge in [-0.3, -0.25) is 9.89 Å². The zero-order valence-electron chi connectivity index (χ0n) is 16.1. The van der Waals surface area contributed by atoms with E-state index in [9.17, 15) is 4.79 Å². The number of aryl methyl sites for hydroxylation is 2. The van der Waals surface area contributed by atoms with Crippen molar-refractivity contribution in [2.75, 3.05) is 13.1 Å². The van der Waals surface area contributed by atoms with Crippen molar-refractivity contribution in [3.05, 3.63) is 53.6 Å². The van der Waals surface area contributed by atoms with E-state index in [0.29, 0.717) is 18.0 Å². The molecule has 1 aromatic carbocycles. The van der Waals surface area contributed by atoms with Crippen LogP contribution in [-0.4, -0.2) is 44.1 Å². The summed E-state index contributed by atoms with van der Waals surface area (Å²) in [6.45, 7) is 5.28. The van der Waals surface area contributed by atoms with Gasteiger partial charge in [-0.05, 0) is 38.2 Å². The largest absolute Gasteiger partial charge is 0.443 e. The first-order chi connectivity index (χ1) is 13.6. The van der Waals surface area contributed by atoms with Crippen LogP contribution in [0.4, 0.5) is 0 Å². The van der Waals surface area contributed by atoms with Crippen LogP contribution in [0.1, 0.15) is 52.9 Å². The molecule has 1 spiro atoms. The molecule has 3 aromatic rings. The van der Waals surface area contributed by atoms with Crippen LogP contribution in [0.15, 0.2) is 35.1 Å². The fourth-order valence-corrected chi connectivity index (χ4v) is 4.67. The van der Waals surface area contributed by atoms with Crippen molar-refractivity contribution < 1.29 is 9.21 Å². The Hall–Kier alpha value is -2.96. The van der Waals surface area contributed by atoms with Gasteiger partial charge in [0.05, 0.1) is 0 Å². The number of H-pyrrole nitrogens is 1. The van der Waals surface area contributed by atoms with Crippen LogP contribution in [0.3, 0.4) is 0 Å². The van der Waals surface area contributed by atoms with E-state index in [1.165, 1.54) is 12.8 Å². The minimum Gasteiger partial charge on any atom is -0.443 e. The molecule has 5 rings (SSSR count). The summed E-state index contributed by atoms with van der Waals surface area (Å²) in [7, 11) is 0. The highest BCUT2D eigenvalue weighted by Gasteiger charge is 2.53. The van der Waals surface area contributed by atoms with Crippen molar-refractivity contribution >= 4 is 5.91 Å². The first-order valence-corrected chi connectivity index (χ1v) is 9.74. The summed E-state index contributed by atoms with van der Waals surface area (Å²) in [5.41, 5.74) is 2.46. The number of amides is 1. The summed E-state index contributed by atoms with van der Waals surface area (Å²) in [5.74, 6) is 2.27. The summed E-state index contributed by atoms with van der Waals surface area (Å²) in [6, 6.07) is 7.93. The van der Waals surface area contributed by atoms with Crippen LogP contribution in [0.2, 0.25) is 0 Å². The SMILES string of the molecule is Cc1cccc(-c2ocnc2C(=O)N2CC(c3n[nH]c(C)n3)C3(CCC3)C2)c1. The van der Waals surface area contributed by atoms with E-state index in [-0.39, 0.29) is 17.2 Å². The van der Waals surface area contributed by atoms with Crippen molar-refractivity contribution in [1.29, 1.82) is 0 Å². The molecule has 1 aliphatic carbocycles. The molecule has 1 N–H and O–H groups in total. The van der Waals surface area contributed by atoms with E-state index in [1.807, 2.05) is 43.0 Å². The molecule has 2 aromatic heterocycles. The van der Waals surface area contributed by atoms with E-state index in [2.05, 4.69) is 20.2 Å². The summed E-state index contributed by atoms with van der Waals surface area (Å²) >= 11 is 0. The number of nitrogens with one attached hydrogen (secondary N) is 1. The standard InChI is InChI=1S/C21H23N5O2/c1-13-5-3-6-15(9-13)18-17(22-12-28-18)20(27)26-10-16(19-23-14(2)24-25-19)21(11-26)7-4-8-21/h3,5-6,9,12,16H,4,7-8,10-11H2,1-2H3,(H,23,24,25). The molecule has 2 aliphatic rings. The third kappa shape index (κ3) is 2.65. The molecule has 1 unspecified atom stereocenters. The number of hydrogen-bond donors (Lipinski definition) is 1. The molecule has 1 amide bonds. The lowest BCUT2D eigenvalue weighted by Crippen LogP contribution is -2.38. The van der Waals surface area contributed by atoms with Gasteiger partial charge in [0.2, 0.25) is 0 Å². The van der Waals surface area contributed by atoms with Crippen LogP contribution in [0, 0.1) is 19.3 Å². The van der Waals surface area contributed by atoms with Gasteiger partial charge in [0, 0.05) is 24.6 Å². The van der Waals surface area contributed by atoms with Crippen molar-refractivity contribution in [1.82, 2.24) is 25.1 Å².